The fourth-order valence-electron chi connectivity index (χ4n) is 3.65. The second-order valence-corrected chi connectivity index (χ2v) is 12.2. The van der Waals surface area contributed by atoms with Gasteiger partial charge in [0.25, 0.3) is 15.9 Å². The van der Waals surface area contributed by atoms with E-state index in [1.54, 1.807) is 30.3 Å². The highest BCUT2D eigenvalue weighted by Crippen LogP contribution is 2.24. The highest BCUT2D eigenvalue weighted by molar-refractivity contribution is 7.92. The molecule has 1 fully saturated rings. The summed E-state index contributed by atoms with van der Waals surface area (Å²) in [5.41, 5.74) is 0.393. The Kier molecular flexibility index (Phi) is 8.90. The van der Waals surface area contributed by atoms with Gasteiger partial charge in [0.05, 0.1) is 45.8 Å². The smallest absolute Gasteiger partial charge is 0.261 e. The second-order valence-electron chi connectivity index (χ2n) is 8.21. The average molecular weight is 580 g/mol. The molecular formula is C25H26ClN3O7S2. The van der Waals surface area contributed by atoms with Crippen molar-refractivity contribution in [2.75, 3.05) is 44.2 Å². The van der Waals surface area contributed by atoms with E-state index in [-0.39, 0.29) is 39.2 Å². The molecule has 13 heteroatoms. The Morgan fingerprint density at radius 3 is 2.26 bits per heavy atom. The van der Waals surface area contributed by atoms with E-state index in [1.165, 1.54) is 46.8 Å². The van der Waals surface area contributed by atoms with Crippen LogP contribution in [0.4, 0.5) is 5.69 Å². The fraction of sp³-hybridized carbons (Fsp3) is 0.240. The number of ether oxygens (including phenoxy) is 2. The SMILES string of the molecule is O=C(NCCOc1ccc(S(=O)(=O)N2CCOCC2)cc1)c1ccc(NS(=O)(=O)c2ccccc2)cc1Cl. The van der Waals surface area contributed by atoms with Crippen LogP contribution in [-0.4, -0.2) is 66.5 Å². The van der Waals surface area contributed by atoms with E-state index in [9.17, 15) is 21.6 Å². The molecule has 1 aliphatic rings. The highest BCUT2D eigenvalue weighted by Gasteiger charge is 2.26. The predicted molar refractivity (Wildman–Crippen MR) is 143 cm³/mol. The predicted octanol–water partition coefficient (Wildman–Crippen LogP) is 2.97. The summed E-state index contributed by atoms with van der Waals surface area (Å²) < 4.78 is 65.0. The van der Waals surface area contributed by atoms with E-state index >= 15 is 0 Å². The summed E-state index contributed by atoms with van der Waals surface area (Å²) in [7, 11) is -7.38. The quantitative estimate of drug-likeness (QED) is 0.353. The zero-order chi connectivity index (χ0) is 27.2. The van der Waals surface area contributed by atoms with Gasteiger partial charge in [-0.1, -0.05) is 29.8 Å². The standard InChI is InChI=1S/C25H26ClN3O7S2/c26-24-18-19(28-37(31,32)21-4-2-1-3-5-21)6-11-23(24)25(30)27-12-15-36-20-7-9-22(10-8-20)38(33,34)29-13-16-35-17-14-29/h1-11,18,28H,12-17H2,(H,27,30). The molecule has 0 aromatic heterocycles. The van der Waals surface area contributed by atoms with Crippen molar-refractivity contribution in [1.82, 2.24) is 9.62 Å². The first-order valence-corrected chi connectivity index (χ1v) is 14.9. The molecule has 0 bridgehead atoms. The van der Waals surface area contributed by atoms with E-state index in [1.807, 2.05) is 0 Å². The summed E-state index contributed by atoms with van der Waals surface area (Å²) in [6.07, 6.45) is 0. The molecule has 3 aromatic rings. The van der Waals surface area contributed by atoms with Crippen LogP contribution in [0.25, 0.3) is 0 Å². The van der Waals surface area contributed by atoms with Crippen molar-refractivity contribution in [2.45, 2.75) is 9.79 Å². The number of hydrogen-bond donors (Lipinski definition) is 2. The number of hydrogen-bond acceptors (Lipinski definition) is 7. The van der Waals surface area contributed by atoms with Crippen molar-refractivity contribution >= 4 is 43.2 Å². The van der Waals surface area contributed by atoms with Gasteiger partial charge in [-0.3, -0.25) is 9.52 Å². The van der Waals surface area contributed by atoms with Crippen molar-refractivity contribution in [3.63, 3.8) is 0 Å². The summed E-state index contributed by atoms with van der Waals surface area (Å²) in [5.74, 6) is -0.00344. The summed E-state index contributed by atoms with van der Waals surface area (Å²) in [6.45, 7) is 1.66. The number of nitrogens with zero attached hydrogens (tertiary/aromatic N) is 1. The lowest BCUT2D eigenvalue weighted by atomic mass is 10.2. The van der Waals surface area contributed by atoms with Gasteiger partial charge < -0.3 is 14.8 Å². The molecule has 0 saturated carbocycles. The normalized spacial score (nSPS) is 14.6. The van der Waals surface area contributed by atoms with Gasteiger partial charge in [-0.2, -0.15) is 4.31 Å². The molecule has 0 aliphatic carbocycles. The van der Waals surface area contributed by atoms with Gasteiger partial charge in [-0.15, -0.1) is 0 Å². The number of benzene rings is 3. The molecule has 1 saturated heterocycles. The van der Waals surface area contributed by atoms with Crippen LogP contribution in [0, 0.1) is 0 Å². The van der Waals surface area contributed by atoms with Crippen LogP contribution >= 0.6 is 11.6 Å². The molecular weight excluding hydrogens is 554 g/mol. The average Bonchev–Trinajstić information content (AvgIpc) is 2.92. The number of rotatable bonds is 10. The Balaban J connectivity index is 1.27. The molecule has 1 amide bonds. The molecule has 38 heavy (non-hydrogen) atoms. The van der Waals surface area contributed by atoms with Crippen LogP contribution in [-0.2, 0) is 24.8 Å². The summed E-state index contributed by atoms with van der Waals surface area (Å²) in [4.78, 5) is 12.8. The van der Waals surface area contributed by atoms with Crippen LogP contribution < -0.4 is 14.8 Å². The summed E-state index contributed by atoms with van der Waals surface area (Å²) in [5, 5.41) is 2.76. The monoisotopic (exact) mass is 579 g/mol. The lowest BCUT2D eigenvalue weighted by Crippen LogP contribution is -2.40. The number of anilines is 1. The van der Waals surface area contributed by atoms with E-state index in [4.69, 9.17) is 21.1 Å². The number of amides is 1. The molecule has 0 unspecified atom stereocenters. The Hall–Kier alpha value is -3.16. The number of nitrogens with one attached hydrogen (secondary N) is 2. The van der Waals surface area contributed by atoms with Crippen LogP contribution in [0.15, 0.2) is 82.6 Å². The molecule has 3 aromatic carbocycles. The third-order valence-electron chi connectivity index (χ3n) is 5.61. The number of morpholine rings is 1. The molecule has 2 N–H and O–H groups in total. The molecule has 0 atom stereocenters. The van der Waals surface area contributed by atoms with Gasteiger partial charge >= 0.3 is 0 Å². The Bertz CT molecular complexity index is 1480. The molecule has 202 valence electrons. The molecule has 10 nitrogen and oxygen atoms in total. The van der Waals surface area contributed by atoms with E-state index in [0.29, 0.717) is 32.1 Å². The second kappa shape index (κ2) is 12.1. The van der Waals surface area contributed by atoms with Gasteiger partial charge in [0.1, 0.15) is 12.4 Å². The zero-order valence-corrected chi connectivity index (χ0v) is 22.6. The number of sulfonamides is 2. The Morgan fingerprint density at radius 2 is 1.61 bits per heavy atom. The minimum atomic E-state index is -3.79. The van der Waals surface area contributed by atoms with Crippen molar-refractivity contribution in [1.29, 1.82) is 0 Å². The van der Waals surface area contributed by atoms with Crippen molar-refractivity contribution in [2.24, 2.45) is 0 Å². The Labute approximate surface area is 226 Å². The largest absolute Gasteiger partial charge is 0.492 e. The molecule has 1 heterocycles. The van der Waals surface area contributed by atoms with Crippen LogP contribution in [0.1, 0.15) is 10.4 Å². The minimum Gasteiger partial charge on any atom is -0.492 e. The number of carbonyl (C=O) groups is 1. The maximum atomic E-state index is 12.7. The molecule has 0 spiro atoms. The summed E-state index contributed by atoms with van der Waals surface area (Å²) in [6, 6.07) is 18.2. The van der Waals surface area contributed by atoms with Crippen molar-refractivity contribution in [3.05, 3.63) is 83.4 Å². The van der Waals surface area contributed by atoms with Crippen molar-refractivity contribution in [3.8, 4) is 5.75 Å². The van der Waals surface area contributed by atoms with E-state index in [2.05, 4.69) is 10.0 Å². The number of halogens is 1. The topological polar surface area (TPSA) is 131 Å². The fourth-order valence-corrected chi connectivity index (χ4v) is 6.39. The number of carbonyl (C=O) groups excluding carboxylic acids is 1. The van der Waals surface area contributed by atoms with Crippen LogP contribution in [0.5, 0.6) is 5.75 Å². The third-order valence-corrected chi connectivity index (χ3v) is 9.23. The minimum absolute atomic E-state index is 0.0775. The summed E-state index contributed by atoms with van der Waals surface area (Å²) >= 11 is 6.23. The first-order chi connectivity index (χ1) is 18.2. The first kappa shape index (κ1) is 27.9. The molecule has 4 rings (SSSR count). The lowest BCUT2D eigenvalue weighted by Gasteiger charge is -2.26. The first-order valence-electron chi connectivity index (χ1n) is 11.6. The van der Waals surface area contributed by atoms with Gasteiger partial charge in [0, 0.05) is 13.1 Å². The van der Waals surface area contributed by atoms with Crippen LogP contribution in [0.3, 0.4) is 0 Å². The van der Waals surface area contributed by atoms with Gasteiger partial charge in [0.2, 0.25) is 10.0 Å². The van der Waals surface area contributed by atoms with Crippen LogP contribution in [0.2, 0.25) is 5.02 Å². The highest BCUT2D eigenvalue weighted by atomic mass is 35.5. The Morgan fingerprint density at radius 1 is 0.921 bits per heavy atom. The van der Waals surface area contributed by atoms with Gasteiger partial charge in [-0.25, -0.2) is 16.8 Å². The van der Waals surface area contributed by atoms with E-state index < -0.39 is 26.0 Å². The van der Waals surface area contributed by atoms with Gasteiger partial charge in [0.15, 0.2) is 0 Å². The molecule has 0 radical (unpaired) electrons. The zero-order valence-electron chi connectivity index (χ0n) is 20.2. The van der Waals surface area contributed by atoms with Crippen molar-refractivity contribution < 1.29 is 31.1 Å². The maximum Gasteiger partial charge on any atom is 0.261 e. The lowest BCUT2D eigenvalue weighted by molar-refractivity contribution is 0.0730. The van der Waals surface area contributed by atoms with E-state index in [0.717, 1.165) is 0 Å². The third kappa shape index (κ3) is 6.83. The van der Waals surface area contributed by atoms with Gasteiger partial charge in [-0.05, 0) is 54.6 Å². The maximum absolute atomic E-state index is 12.7. The molecule has 1 aliphatic heterocycles.